The average Bonchev–Trinajstić information content (AvgIpc) is 2.41. The lowest BCUT2D eigenvalue weighted by Gasteiger charge is -2.14. The molecule has 0 aliphatic carbocycles. The Morgan fingerprint density at radius 1 is 1.20 bits per heavy atom. The molecule has 0 fully saturated rings. The summed E-state index contributed by atoms with van der Waals surface area (Å²) < 4.78 is 30.7. The number of carbonyl (C=O) groups is 1. The van der Waals surface area contributed by atoms with Crippen molar-refractivity contribution < 1.29 is 27.7 Å². The van der Waals surface area contributed by atoms with Crippen molar-refractivity contribution in [2.24, 2.45) is 0 Å². The van der Waals surface area contributed by atoms with Gasteiger partial charge in [0.05, 0.1) is 6.08 Å². The highest BCUT2D eigenvalue weighted by Gasteiger charge is 2.24. The molecule has 0 saturated carbocycles. The maximum Gasteiger partial charge on any atom is 0.529 e. The molecular formula is C12H14ClO6P. The zero-order valence-corrected chi connectivity index (χ0v) is 12.8. The summed E-state index contributed by atoms with van der Waals surface area (Å²) in [7, 11) is -1.34. The van der Waals surface area contributed by atoms with Gasteiger partial charge in [-0.15, -0.1) is 0 Å². The molecule has 0 amide bonds. The molecule has 0 aromatic heterocycles. The Morgan fingerprint density at radius 3 is 2.25 bits per heavy atom. The molecule has 0 N–H and O–H groups in total. The van der Waals surface area contributed by atoms with Crippen molar-refractivity contribution in [1.29, 1.82) is 0 Å². The Balaban J connectivity index is 2.66. The summed E-state index contributed by atoms with van der Waals surface area (Å²) in [4.78, 5) is 11.6. The second kappa shape index (κ2) is 7.45. The van der Waals surface area contributed by atoms with Crippen LogP contribution in [-0.2, 0) is 22.9 Å². The highest BCUT2D eigenvalue weighted by Crippen LogP contribution is 2.49. The summed E-state index contributed by atoms with van der Waals surface area (Å²) >= 11 is 5.71. The Bertz CT molecular complexity index is 531. The Labute approximate surface area is 121 Å². The summed E-state index contributed by atoms with van der Waals surface area (Å²) in [6.07, 6.45) is 1.03. The van der Waals surface area contributed by atoms with E-state index in [0.29, 0.717) is 10.8 Å². The lowest BCUT2D eigenvalue weighted by atomic mass is 10.3. The average molecular weight is 321 g/mol. The monoisotopic (exact) mass is 320 g/mol. The number of benzene rings is 1. The molecule has 0 unspecified atom stereocenters. The first-order valence-electron chi connectivity index (χ1n) is 5.45. The van der Waals surface area contributed by atoms with Gasteiger partial charge < -0.3 is 9.26 Å². The van der Waals surface area contributed by atoms with Gasteiger partial charge in [0.2, 0.25) is 0 Å². The van der Waals surface area contributed by atoms with E-state index in [-0.39, 0.29) is 5.76 Å². The smallest absolute Gasteiger partial charge is 0.423 e. The molecule has 0 saturated heterocycles. The third-order valence-corrected chi connectivity index (χ3v) is 3.71. The van der Waals surface area contributed by atoms with Crippen LogP contribution in [0.15, 0.2) is 36.1 Å². The van der Waals surface area contributed by atoms with Gasteiger partial charge in [-0.2, -0.15) is 0 Å². The molecule has 20 heavy (non-hydrogen) atoms. The van der Waals surface area contributed by atoms with E-state index in [1.807, 2.05) is 0 Å². The van der Waals surface area contributed by atoms with Gasteiger partial charge in [0, 0.05) is 19.2 Å². The molecule has 0 radical (unpaired) electrons. The zero-order chi connectivity index (χ0) is 15.2. The van der Waals surface area contributed by atoms with Crippen molar-refractivity contribution in [1.82, 2.24) is 0 Å². The van der Waals surface area contributed by atoms with Gasteiger partial charge in [-0.05, 0) is 31.2 Å². The van der Waals surface area contributed by atoms with Gasteiger partial charge in [-0.25, -0.2) is 9.36 Å². The number of hydrogen-bond donors (Lipinski definition) is 0. The molecular weight excluding hydrogens is 307 g/mol. The van der Waals surface area contributed by atoms with Gasteiger partial charge in [0.15, 0.2) is 0 Å². The maximum absolute atomic E-state index is 11.7. The molecule has 0 atom stereocenters. The van der Waals surface area contributed by atoms with Crippen LogP contribution in [0, 0.1) is 0 Å². The molecule has 0 bridgehead atoms. The Morgan fingerprint density at radius 2 is 1.75 bits per heavy atom. The third kappa shape index (κ3) is 5.35. The summed E-state index contributed by atoms with van der Waals surface area (Å²) in [6, 6.07) is 6.25. The van der Waals surface area contributed by atoms with Crippen LogP contribution in [0.1, 0.15) is 6.92 Å². The van der Waals surface area contributed by atoms with Crippen molar-refractivity contribution in [3.05, 3.63) is 41.1 Å². The number of allylic oxidation sites excluding steroid dienone is 1. The van der Waals surface area contributed by atoms with Gasteiger partial charge >= 0.3 is 13.8 Å². The number of carbonyl (C=O) groups excluding carboxylic acids is 1. The van der Waals surface area contributed by atoms with E-state index in [1.165, 1.54) is 21.1 Å². The lowest BCUT2D eigenvalue weighted by Crippen LogP contribution is -2.05. The maximum atomic E-state index is 11.7. The van der Waals surface area contributed by atoms with E-state index >= 15 is 0 Å². The number of phosphoric acid groups is 1. The normalized spacial score (nSPS) is 12.1. The first-order chi connectivity index (χ1) is 9.38. The van der Waals surface area contributed by atoms with Crippen molar-refractivity contribution in [3.8, 4) is 5.75 Å². The number of rotatable bonds is 6. The van der Waals surface area contributed by atoms with Gasteiger partial charge in [0.25, 0.3) is 0 Å². The summed E-state index contributed by atoms with van der Waals surface area (Å²) in [5.74, 6) is -0.329. The molecule has 0 heterocycles. The van der Waals surface area contributed by atoms with Gasteiger partial charge in [0.1, 0.15) is 11.5 Å². The second-order valence-electron chi connectivity index (χ2n) is 3.53. The van der Waals surface area contributed by atoms with Crippen LogP contribution in [0.4, 0.5) is 0 Å². The van der Waals surface area contributed by atoms with Crippen molar-refractivity contribution in [2.45, 2.75) is 6.92 Å². The fourth-order valence-corrected chi connectivity index (χ4v) is 2.00. The first-order valence-corrected chi connectivity index (χ1v) is 7.29. The van der Waals surface area contributed by atoms with Crippen LogP contribution in [0.3, 0.4) is 0 Å². The summed E-state index contributed by atoms with van der Waals surface area (Å²) in [5, 5.41) is 0.529. The van der Waals surface area contributed by atoms with Crippen LogP contribution >= 0.6 is 19.4 Å². The minimum Gasteiger partial charge on any atom is -0.423 e. The standard InChI is InChI=1S/C12H14ClO6P/c1-9(19-20(15,16-2)17-3)8-12(14)18-11-6-4-10(13)5-7-11/h4-8H,1-3H3. The van der Waals surface area contributed by atoms with Crippen LogP contribution in [-0.4, -0.2) is 20.2 Å². The lowest BCUT2D eigenvalue weighted by molar-refractivity contribution is -0.129. The number of esters is 1. The number of phosphoric ester groups is 1. The molecule has 0 spiro atoms. The molecule has 8 heteroatoms. The highest BCUT2D eigenvalue weighted by molar-refractivity contribution is 7.48. The largest absolute Gasteiger partial charge is 0.529 e. The fourth-order valence-electron chi connectivity index (χ4n) is 1.17. The Hall–Kier alpha value is -1.33. The third-order valence-electron chi connectivity index (χ3n) is 2.06. The Kier molecular flexibility index (Phi) is 6.23. The fraction of sp³-hybridized carbons (Fsp3) is 0.250. The first kappa shape index (κ1) is 16.7. The van der Waals surface area contributed by atoms with Gasteiger partial charge in [-0.3, -0.25) is 9.05 Å². The minimum atomic E-state index is -3.68. The van der Waals surface area contributed by atoms with Crippen molar-refractivity contribution in [3.63, 3.8) is 0 Å². The molecule has 110 valence electrons. The van der Waals surface area contributed by atoms with E-state index in [1.54, 1.807) is 24.3 Å². The SMILES string of the molecule is COP(=O)(OC)OC(C)=CC(=O)Oc1ccc(Cl)cc1. The summed E-state index contributed by atoms with van der Waals surface area (Å²) in [6.45, 7) is 1.42. The quantitative estimate of drug-likeness (QED) is 0.262. The van der Waals surface area contributed by atoms with Crippen LogP contribution in [0.2, 0.25) is 5.02 Å². The number of halogens is 1. The summed E-state index contributed by atoms with van der Waals surface area (Å²) in [5.41, 5.74) is 0. The van der Waals surface area contributed by atoms with E-state index in [4.69, 9.17) is 20.9 Å². The minimum absolute atomic E-state index is 0.0380. The molecule has 0 aliphatic heterocycles. The number of ether oxygens (including phenoxy) is 1. The zero-order valence-electron chi connectivity index (χ0n) is 11.2. The van der Waals surface area contributed by atoms with E-state index < -0.39 is 13.8 Å². The predicted molar refractivity (Wildman–Crippen MR) is 73.6 cm³/mol. The van der Waals surface area contributed by atoms with Crippen molar-refractivity contribution >= 4 is 25.4 Å². The molecule has 1 aromatic rings. The second-order valence-corrected chi connectivity index (χ2v) is 5.78. The van der Waals surface area contributed by atoms with E-state index in [0.717, 1.165) is 6.08 Å². The number of hydrogen-bond acceptors (Lipinski definition) is 6. The topological polar surface area (TPSA) is 71.1 Å². The van der Waals surface area contributed by atoms with Crippen LogP contribution < -0.4 is 4.74 Å². The molecule has 1 aromatic carbocycles. The highest BCUT2D eigenvalue weighted by atomic mass is 35.5. The molecule has 6 nitrogen and oxygen atoms in total. The van der Waals surface area contributed by atoms with Gasteiger partial charge in [-0.1, -0.05) is 11.6 Å². The molecule has 1 rings (SSSR count). The predicted octanol–water partition coefficient (Wildman–Crippen LogP) is 3.57. The van der Waals surface area contributed by atoms with Crippen molar-refractivity contribution in [2.75, 3.05) is 14.2 Å². The van der Waals surface area contributed by atoms with Crippen LogP contribution in [0.5, 0.6) is 5.75 Å². The van der Waals surface area contributed by atoms with E-state index in [2.05, 4.69) is 9.05 Å². The van der Waals surface area contributed by atoms with E-state index in [9.17, 15) is 9.36 Å². The molecule has 0 aliphatic rings. The van der Waals surface area contributed by atoms with Crippen LogP contribution in [0.25, 0.3) is 0 Å².